The zero-order valence-corrected chi connectivity index (χ0v) is 34.8. The lowest BCUT2D eigenvalue weighted by Gasteiger charge is -2.32. The van der Waals surface area contributed by atoms with Gasteiger partial charge in [-0.1, -0.05) is 59.6 Å². The molecule has 17 heteroatoms. The number of para-hydroxylation sites is 2. The lowest BCUT2D eigenvalue weighted by atomic mass is 10.0. The summed E-state index contributed by atoms with van der Waals surface area (Å²) in [7, 11) is 0. The van der Waals surface area contributed by atoms with Crippen LogP contribution in [0.5, 0.6) is 0 Å². The minimum Gasteiger partial charge on any atom is -0.382 e. The van der Waals surface area contributed by atoms with E-state index >= 15 is 0 Å². The van der Waals surface area contributed by atoms with Gasteiger partial charge in [0.2, 0.25) is 0 Å². The average Bonchev–Trinajstić information content (AvgIpc) is 3.19. The number of hydrogen-bond donors (Lipinski definition) is 6. The Morgan fingerprint density at radius 1 is 0.610 bits per heavy atom. The van der Waals surface area contributed by atoms with Crippen molar-refractivity contribution in [3.8, 4) is 22.5 Å². The third-order valence-electron chi connectivity index (χ3n) is 8.91. The molecule has 2 aromatic heterocycles. The number of nitrogens with one attached hydrogen (secondary N) is 2. The standard InChI is InChI=1S/C42H48Cl2N12O3/c1-41(2,23-50-32-12-8-6-10-28(32)36-30-22-26(44)14-16-34(30)52-40(54-36)56-38(47)48)59-24-42(3,4)58-20-19-57-18-17-49-31-11-7-5-9-27(31)35-29-21-25(43)13-15-33(29)51-39(53-35)55-37(45)46/h5-16,21-22,49-50H,17-20,23-24H2,1-4H3,(H4,45,46,51,53,55)(H4,47,48,52,54,56). The first-order valence-corrected chi connectivity index (χ1v) is 19.6. The normalized spacial score (nSPS) is 11.8. The number of anilines is 2. The predicted molar refractivity (Wildman–Crippen MR) is 239 cm³/mol. The molecule has 308 valence electrons. The maximum Gasteiger partial charge on any atom is 0.253 e. The molecule has 6 rings (SSSR count). The number of aliphatic imine (C=N–C) groups is 2. The van der Waals surface area contributed by atoms with Gasteiger partial charge in [0.25, 0.3) is 11.9 Å². The highest BCUT2D eigenvalue weighted by molar-refractivity contribution is 6.32. The van der Waals surface area contributed by atoms with Crippen LogP contribution in [-0.2, 0) is 14.2 Å². The third kappa shape index (κ3) is 11.6. The molecule has 0 aliphatic carbocycles. The van der Waals surface area contributed by atoms with Crippen molar-refractivity contribution in [3.63, 3.8) is 0 Å². The number of halogens is 2. The molecule has 0 aliphatic rings. The van der Waals surface area contributed by atoms with E-state index in [1.54, 1.807) is 12.1 Å². The predicted octanol–water partition coefficient (Wildman–Crippen LogP) is 7.15. The van der Waals surface area contributed by atoms with Gasteiger partial charge in [-0.3, -0.25) is 0 Å². The van der Waals surface area contributed by atoms with Crippen LogP contribution >= 0.6 is 23.2 Å². The van der Waals surface area contributed by atoms with Gasteiger partial charge >= 0.3 is 0 Å². The molecule has 10 N–H and O–H groups in total. The monoisotopic (exact) mass is 838 g/mol. The molecule has 2 heterocycles. The van der Waals surface area contributed by atoms with Gasteiger partial charge < -0.3 is 47.8 Å². The van der Waals surface area contributed by atoms with E-state index in [4.69, 9.17) is 65.3 Å². The molecule has 0 fully saturated rings. The third-order valence-corrected chi connectivity index (χ3v) is 9.38. The summed E-state index contributed by atoms with van der Waals surface area (Å²) in [5, 5.41) is 9.66. The summed E-state index contributed by atoms with van der Waals surface area (Å²) in [4.78, 5) is 26.5. The zero-order valence-electron chi connectivity index (χ0n) is 33.3. The maximum atomic E-state index is 6.40. The van der Waals surface area contributed by atoms with Crippen LogP contribution in [0.15, 0.2) is 94.9 Å². The molecule has 59 heavy (non-hydrogen) atoms. The van der Waals surface area contributed by atoms with E-state index in [1.807, 2.05) is 100 Å². The molecule has 0 amide bonds. The van der Waals surface area contributed by atoms with E-state index in [-0.39, 0.29) is 23.8 Å². The Morgan fingerprint density at radius 2 is 1.12 bits per heavy atom. The highest BCUT2D eigenvalue weighted by Gasteiger charge is 2.26. The topological polar surface area (TPSA) is 232 Å². The van der Waals surface area contributed by atoms with Crippen molar-refractivity contribution >= 4 is 80.2 Å². The van der Waals surface area contributed by atoms with Gasteiger partial charge in [-0.05, 0) is 76.2 Å². The fourth-order valence-electron chi connectivity index (χ4n) is 6.11. The summed E-state index contributed by atoms with van der Waals surface area (Å²) in [6.07, 6.45) is 0. The van der Waals surface area contributed by atoms with Crippen LogP contribution in [0.2, 0.25) is 10.0 Å². The largest absolute Gasteiger partial charge is 0.382 e. The van der Waals surface area contributed by atoms with Crippen LogP contribution < -0.4 is 33.6 Å². The first kappa shape index (κ1) is 42.8. The summed E-state index contributed by atoms with van der Waals surface area (Å²) >= 11 is 12.7. The van der Waals surface area contributed by atoms with Crippen molar-refractivity contribution in [3.05, 3.63) is 95.0 Å². The van der Waals surface area contributed by atoms with E-state index < -0.39 is 11.2 Å². The van der Waals surface area contributed by atoms with Crippen molar-refractivity contribution in [2.24, 2.45) is 32.9 Å². The van der Waals surface area contributed by atoms with Gasteiger partial charge in [-0.15, -0.1) is 0 Å². The highest BCUT2D eigenvalue weighted by atomic mass is 35.5. The van der Waals surface area contributed by atoms with Crippen LogP contribution in [0, 0.1) is 0 Å². The number of fused-ring (bicyclic) bond motifs is 2. The number of guanidine groups is 2. The fourth-order valence-corrected chi connectivity index (χ4v) is 6.46. The molecule has 0 unspecified atom stereocenters. The van der Waals surface area contributed by atoms with Crippen LogP contribution in [-0.4, -0.2) is 82.6 Å². The second-order valence-corrected chi connectivity index (χ2v) is 15.7. The molecule has 6 aromatic rings. The molecule has 0 atom stereocenters. The number of rotatable bonds is 18. The SMILES string of the molecule is CC(C)(CNc1ccccc1-c1nc(N=C(N)N)nc2ccc(Cl)cc12)OCC(C)(C)OCCOCCNc1ccccc1-c1nc(N=C(N)N)nc2ccc(Cl)cc12. The minimum absolute atomic E-state index is 0.134. The average molecular weight is 840 g/mol. The summed E-state index contributed by atoms with van der Waals surface area (Å²) in [5.74, 6) is 0.0367. The molecule has 0 bridgehead atoms. The van der Waals surface area contributed by atoms with E-state index in [1.165, 1.54) is 0 Å². The molecule has 0 saturated heterocycles. The van der Waals surface area contributed by atoms with Gasteiger partial charge in [0.1, 0.15) is 0 Å². The van der Waals surface area contributed by atoms with Crippen LogP contribution in [0.4, 0.5) is 23.3 Å². The number of ether oxygens (including phenoxy) is 3. The maximum absolute atomic E-state index is 6.40. The quantitative estimate of drug-likeness (QED) is 0.0287. The van der Waals surface area contributed by atoms with Crippen molar-refractivity contribution in [1.29, 1.82) is 0 Å². The van der Waals surface area contributed by atoms with Crippen molar-refractivity contribution in [2.45, 2.75) is 38.9 Å². The second-order valence-electron chi connectivity index (χ2n) is 14.8. The molecule has 15 nitrogen and oxygen atoms in total. The first-order valence-electron chi connectivity index (χ1n) is 18.8. The molecule has 0 aliphatic heterocycles. The number of aromatic nitrogens is 4. The second kappa shape index (κ2) is 18.8. The lowest BCUT2D eigenvalue weighted by molar-refractivity contribution is -0.123. The smallest absolute Gasteiger partial charge is 0.253 e. The van der Waals surface area contributed by atoms with E-state index in [9.17, 15) is 0 Å². The van der Waals surface area contributed by atoms with Gasteiger partial charge in [0, 0.05) is 56.4 Å². The number of hydrogen-bond acceptors (Lipinski definition) is 11. The summed E-state index contributed by atoms with van der Waals surface area (Å²) in [5.41, 5.74) is 27.4. The van der Waals surface area contributed by atoms with Gasteiger partial charge in [0.05, 0.1) is 60.1 Å². The molecule has 4 aromatic carbocycles. The van der Waals surface area contributed by atoms with Crippen LogP contribution in [0.25, 0.3) is 44.3 Å². The van der Waals surface area contributed by atoms with Gasteiger partial charge in [-0.25, -0.2) is 19.9 Å². The van der Waals surface area contributed by atoms with Crippen molar-refractivity contribution in [2.75, 3.05) is 50.2 Å². The Balaban J connectivity index is 0.995. The lowest BCUT2D eigenvalue weighted by Crippen LogP contribution is -2.40. The molecule has 0 saturated carbocycles. The molecular formula is C42H48Cl2N12O3. The zero-order chi connectivity index (χ0) is 42.2. The Morgan fingerprint density at radius 3 is 1.64 bits per heavy atom. The minimum atomic E-state index is -0.572. The summed E-state index contributed by atoms with van der Waals surface area (Å²) in [6.45, 7) is 10.6. The molecular weight excluding hydrogens is 791 g/mol. The number of nitrogens with zero attached hydrogens (tertiary/aromatic N) is 6. The number of nitrogens with two attached hydrogens (primary N) is 4. The van der Waals surface area contributed by atoms with Gasteiger partial charge in [-0.2, -0.15) is 9.98 Å². The molecule has 0 radical (unpaired) electrons. The Hall–Kier alpha value is -5.84. The Bertz CT molecular complexity index is 2490. The molecule has 0 spiro atoms. The number of benzene rings is 4. The summed E-state index contributed by atoms with van der Waals surface area (Å²) in [6, 6.07) is 26.4. The Labute approximate surface area is 352 Å². The van der Waals surface area contributed by atoms with E-state index in [0.29, 0.717) is 72.0 Å². The van der Waals surface area contributed by atoms with E-state index in [0.717, 1.165) is 33.3 Å². The van der Waals surface area contributed by atoms with E-state index in [2.05, 4.69) is 35.6 Å². The fraction of sp³-hybridized carbons (Fsp3) is 0.286. The summed E-state index contributed by atoms with van der Waals surface area (Å²) < 4.78 is 18.5. The van der Waals surface area contributed by atoms with Gasteiger partial charge in [0.15, 0.2) is 11.9 Å². The van der Waals surface area contributed by atoms with Crippen molar-refractivity contribution in [1.82, 2.24) is 19.9 Å². The van der Waals surface area contributed by atoms with Crippen LogP contribution in [0.1, 0.15) is 27.7 Å². The highest BCUT2D eigenvalue weighted by Crippen LogP contribution is 2.36. The van der Waals surface area contributed by atoms with Crippen LogP contribution in [0.3, 0.4) is 0 Å². The Kier molecular flexibility index (Phi) is 13.6. The first-order chi connectivity index (χ1) is 28.2. The van der Waals surface area contributed by atoms with Crippen molar-refractivity contribution < 1.29 is 14.2 Å².